The average Bonchev–Trinajstić information content (AvgIpc) is 3.47. The molecular formula is C33H41N3O4S. The quantitative estimate of drug-likeness (QED) is 0.319. The zero-order valence-corrected chi connectivity index (χ0v) is 25.0. The van der Waals surface area contributed by atoms with Crippen LogP contribution in [-0.2, 0) is 32.6 Å². The van der Waals surface area contributed by atoms with Crippen LogP contribution in [0.1, 0.15) is 62.1 Å². The summed E-state index contributed by atoms with van der Waals surface area (Å²) in [4.78, 5) is 29.7. The van der Waals surface area contributed by atoms with E-state index in [1.54, 1.807) is 17.0 Å². The molecule has 0 spiro atoms. The summed E-state index contributed by atoms with van der Waals surface area (Å²) in [5.74, 6) is -0.590. The lowest BCUT2D eigenvalue weighted by Gasteiger charge is -2.34. The third kappa shape index (κ3) is 8.19. The summed E-state index contributed by atoms with van der Waals surface area (Å²) >= 11 is 0. The molecule has 0 saturated heterocycles. The molecule has 8 heteroatoms. The van der Waals surface area contributed by atoms with Crippen LogP contribution in [0.3, 0.4) is 0 Å². The van der Waals surface area contributed by atoms with Gasteiger partial charge in [-0.3, -0.25) is 13.9 Å². The van der Waals surface area contributed by atoms with E-state index in [9.17, 15) is 18.0 Å². The third-order valence-corrected chi connectivity index (χ3v) is 8.80. The van der Waals surface area contributed by atoms with Gasteiger partial charge in [-0.1, -0.05) is 106 Å². The Morgan fingerprint density at radius 2 is 1.41 bits per heavy atom. The van der Waals surface area contributed by atoms with Crippen LogP contribution in [0.5, 0.6) is 0 Å². The number of para-hydroxylation sites is 1. The van der Waals surface area contributed by atoms with E-state index in [1.165, 1.54) is 4.31 Å². The number of hydrogen-bond donors (Lipinski definition) is 1. The van der Waals surface area contributed by atoms with Crippen molar-refractivity contribution in [2.75, 3.05) is 17.1 Å². The van der Waals surface area contributed by atoms with Crippen LogP contribution in [0.15, 0.2) is 84.9 Å². The fourth-order valence-corrected chi connectivity index (χ4v) is 6.37. The molecule has 0 aromatic heterocycles. The first-order valence-corrected chi connectivity index (χ1v) is 16.2. The summed E-state index contributed by atoms with van der Waals surface area (Å²) in [6.45, 7) is 3.76. The monoisotopic (exact) mass is 575 g/mol. The lowest BCUT2D eigenvalue weighted by Crippen LogP contribution is -2.54. The number of hydrogen-bond acceptors (Lipinski definition) is 4. The Labute approximate surface area is 244 Å². The zero-order valence-electron chi connectivity index (χ0n) is 24.2. The van der Waals surface area contributed by atoms with E-state index in [0.29, 0.717) is 12.1 Å². The zero-order chi connectivity index (χ0) is 29.4. The molecule has 1 saturated carbocycles. The van der Waals surface area contributed by atoms with Gasteiger partial charge in [-0.05, 0) is 41.5 Å². The number of sulfonamides is 1. The fourth-order valence-electron chi connectivity index (χ4n) is 5.50. The Kier molecular flexibility index (Phi) is 10.2. The smallest absolute Gasteiger partial charge is 0.244 e. The lowest BCUT2D eigenvalue weighted by atomic mass is 10.0. The van der Waals surface area contributed by atoms with E-state index in [-0.39, 0.29) is 24.4 Å². The van der Waals surface area contributed by atoms with Crippen molar-refractivity contribution in [3.63, 3.8) is 0 Å². The number of carbonyl (C=O) groups is 2. The number of nitrogens with one attached hydrogen (secondary N) is 1. The minimum Gasteiger partial charge on any atom is -0.352 e. The van der Waals surface area contributed by atoms with Gasteiger partial charge >= 0.3 is 0 Å². The summed E-state index contributed by atoms with van der Waals surface area (Å²) in [7, 11) is -3.81. The largest absolute Gasteiger partial charge is 0.352 e. The molecule has 1 aliphatic rings. The first kappa shape index (κ1) is 30.3. The van der Waals surface area contributed by atoms with Crippen LogP contribution in [0.2, 0.25) is 0 Å². The van der Waals surface area contributed by atoms with Gasteiger partial charge in [0.05, 0.1) is 11.9 Å². The number of nitrogens with zero attached hydrogens (tertiary/aromatic N) is 2. The fraction of sp³-hybridized carbons (Fsp3) is 0.394. The highest BCUT2D eigenvalue weighted by Gasteiger charge is 2.34. The topological polar surface area (TPSA) is 86.8 Å². The summed E-state index contributed by atoms with van der Waals surface area (Å²) in [6.07, 6.45) is 5.42. The maximum Gasteiger partial charge on any atom is 0.244 e. The van der Waals surface area contributed by atoms with Gasteiger partial charge in [0.15, 0.2) is 0 Å². The second-order valence-corrected chi connectivity index (χ2v) is 13.1. The number of amides is 2. The average molecular weight is 576 g/mol. The molecule has 2 amide bonds. The second-order valence-electron chi connectivity index (χ2n) is 11.2. The summed E-state index contributed by atoms with van der Waals surface area (Å²) < 4.78 is 27.4. The lowest BCUT2D eigenvalue weighted by molar-refractivity contribution is -0.140. The Balaban J connectivity index is 1.73. The maximum atomic E-state index is 14.3. The van der Waals surface area contributed by atoms with Gasteiger partial charge in [0.25, 0.3) is 0 Å². The van der Waals surface area contributed by atoms with Gasteiger partial charge in [0.2, 0.25) is 21.8 Å². The van der Waals surface area contributed by atoms with E-state index in [2.05, 4.69) is 5.32 Å². The number of carbonyl (C=O) groups excluding carboxylic acids is 2. The number of benzene rings is 3. The number of anilines is 1. The van der Waals surface area contributed by atoms with E-state index < -0.39 is 28.5 Å². The van der Waals surface area contributed by atoms with Crippen LogP contribution in [0.25, 0.3) is 0 Å². The molecular weight excluding hydrogens is 534 g/mol. The first-order valence-electron chi connectivity index (χ1n) is 14.4. The Hall–Kier alpha value is -3.65. The molecule has 0 bridgehead atoms. The Morgan fingerprint density at radius 3 is 2.00 bits per heavy atom. The van der Waals surface area contributed by atoms with E-state index in [0.717, 1.165) is 48.6 Å². The van der Waals surface area contributed by atoms with Crippen molar-refractivity contribution in [3.8, 4) is 0 Å². The molecule has 3 aromatic rings. The molecule has 41 heavy (non-hydrogen) atoms. The molecule has 1 aliphatic carbocycles. The van der Waals surface area contributed by atoms with Crippen molar-refractivity contribution in [2.45, 2.75) is 70.5 Å². The molecule has 1 atom stereocenters. The van der Waals surface area contributed by atoms with Crippen LogP contribution in [0.4, 0.5) is 5.69 Å². The predicted molar refractivity (Wildman–Crippen MR) is 164 cm³/mol. The minimum atomic E-state index is -3.81. The first-order chi connectivity index (χ1) is 19.6. The van der Waals surface area contributed by atoms with Crippen molar-refractivity contribution in [1.29, 1.82) is 0 Å². The van der Waals surface area contributed by atoms with Gasteiger partial charge in [0, 0.05) is 19.0 Å². The highest BCUT2D eigenvalue weighted by Crippen LogP contribution is 2.29. The SMILES string of the molecule is CC(C)c1ccccc1N(CC(=O)N(Cc1ccccc1)[C@@H](Cc1ccccc1)C(=O)NC1CCCC1)S(C)(=O)=O. The molecule has 0 heterocycles. The van der Waals surface area contributed by atoms with Crippen molar-refractivity contribution in [3.05, 3.63) is 102 Å². The standard InChI is InChI=1S/C33H41N3O4S/c1-25(2)29-20-12-13-21-30(29)36(41(3,39)40)24-32(37)35(23-27-16-8-5-9-17-27)31(22-26-14-6-4-7-15-26)33(38)34-28-18-10-11-19-28/h4-9,12-17,20-21,25,28,31H,10-11,18-19,22-24H2,1-3H3,(H,34,38)/t31-/m0/s1. The molecule has 7 nitrogen and oxygen atoms in total. The molecule has 1 fully saturated rings. The van der Waals surface area contributed by atoms with Crippen LogP contribution >= 0.6 is 0 Å². The summed E-state index contributed by atoms with van der Waals surface area (Å²) in [5.41, 5.74) is 3.10. The molecule has 0 aliphatic heterocycles. The molecule has 0 radical (unpaired) electrons. The van der Waals surface area contributed by atoms with Crippen molar-refractivity contribution >= 4 is 27.5 Å². The molecule has 1 N–H and O–H groups in total. The van der Waals surface area contributed by atoms with Crippen LogP contribution < -0.4 is 9.62 Å². The predicted octanol–water partition coefficient (Wildman–Crippen LogP) is 5.27. The molecule has 4 rings (SSSR count). The van der Waals surface area contributed by atoms with E-state index in [4.69, 9.17) is 0 Å². The van der Waals surface area contributed by atoms with Crippen molar-refractivity contribution in [1.82, 2.24) is 10.2 Å². The highest BCUT2D eigenvalue weighted by molar-refractivity contribution is 7.92. The summed E-state index contributed by atoms with van der Waals surface area (Å²) in [6, 6.07) is 25.7. The highest BCUT2D eigenvalue weighted by atomic mass is 32.2. The van der Waals surface area contributed by atoms with Crippen molar-refractivity contribution in [2.24, 2.45) is 0 Å². The van der Waals surface area contributed by atoms with Gasteiger partial charge in [0.1, 0.15) is 12.6 Å². The maximum absolute atomic E-state index is 14.3. The Bertz CT molecular complexity index is 1400. The van der Waals surface area contributed by atoms with Crippen LogP contribution in [-0.4, -0.2) is 50.0 Å². The molecule has 3 aromatic carbocycles. The van der Waals surface area contributed by atoms with Gasteiger partial charge in [-0.15, -0.1) is 0 Å². The van der Waals surface area contributed by atoms with Crippen molar-refractivity contribution < 1.29 is 18.0 Å². The number of rotatable bonds is 12. The van der Waals surface area contributed by atoms with Gasteiger partial charge in [-0.2, -0.15) is 0 Å². The van der Waals surface area contributed by atoms with Gasteiger partial charge in [-0.25, -0.2) is 8.42 Å². The normalized spacial score (nSPS) is 14.5. The van der Waals surface area contributed by atoms with E-state index in [1.807, 2.05) is 86.6 Å². The van der Waals surface area contributed by atoms with Crippen LogP contribution in [0, 0.1) is 0 Å². The molecule has 0 unspecified atom stereocenters. The minimum absolute atomic E-state index is 0.0500. The third-order valence-electron chi connectivity index (χ3n) is 7.68. The van der Waals surface area contributed by atoms with E-state index >= 15 is 0 Å². The molecule has 218 valence electrons. The summed E-state index contributed by atoms with van der Waals surface area (Å²) in [5, 5.41) is 3.19. The van der Waals surface area contributed by atoms with Gasteiger partial charge < -0.3 is 10.2 Å². The second kappa shape index (κ2) is 13.8. The Morgan fingerprint density at radius 1 is 0.854 bits per heavy atom.